The SMILES string of the molecule is CCOc1ccc(OCNC(=O)Nc2cc(Br)ccn2)cc1. The van der Waals surface area contributed by atoms with E-state index in [1.54, 1.807) is 30.5 Å². The molecule has 0 saturated heterocycles. The molecule has 0 radical (unpaired) electrons. The molecule has 1 aromatic heterocycles. The fourth-order valence-electron chi connectivity index (χ4n) is 1.62. The number of ether oxygens (including phenoxy) is 2. The van der Waals surface area contributed by atoms with Crippen LogP contribution in [0.5, 0.6) is 11.5 Å². The summed E-state index contributed by atoms with van der Waals surface area (Å²) in [5.74, 6) is 1.87. The molecule has 0 aliphatic heterocycles. The quantitative estimate of drug-likeness (QED) is 0.769. The van der Waals surface area contributed by atoms with Crippen molar-refractivity contribution in [2.75, 3.05) is 18.7 Å². The Kier molecular flexibility index (Phi) is 6.02. The molecule has 0 unspecified atom stereocenters. The Morgan fingerprint density at radius 3 is 2.50 bits per heavy atom. The van der Waals surface area contributed by atoms with Gasteiger partial charge in [0.25, 0.3) is 0 Å². The van der Waals surface area contributed by atoms with Gasteiger partial charge in [-0.2, -0.15) is 0 Å². The number of aromatic nitrogens is 1. The summed E-state index contributed by atoms with van der Waals surface area (Å²) in [5.41, 5.74) is 0. The number of carbonyl (C=O) groups excluding carboxylic acids is 1. The normalized spacial score (nSPS) is 9.91. The van der Waals surface area contributed by atoms with Crippen LogP contribution in [0.1, 0.15) is 6.92 Å². The van der Waals surface area contributed by atoms with Crippen molar-refractivity contribution in [1.82, 2.24) is 10.3 Å². The van der Waals surface area contributed by atoms with E-state index in [0.29, 0.717) is 18.2 Å². The summed E-state index contributed by atoms with van der Waals surface area (Å²) in [6.45, 7) is 2.59. The molecule has 2 rings (SSSR count). The molecule has 2 aromatic rings. The van der Waals surface area contributed by atoms with E-state index in [1.807, 2.05) is 19.1 Å². The molecule has 116 valence electrons. The summed E-state index contributed by atoms with van der Waals surface area (Å²) in [7, 11) is 0. The van der Waals surface area contributed by atoms with E-state index in [2.05, 4.69) is 31.5 Å². The Morgan fingerprint density at radius 1 is 1.18 bits per heavy atom. The first-order chi connectivity index (χ1) is 10.7. The Bertz CT molecular complexity index is 620. The predicted molar refractivity (Wildman–Crippen MR) is 87.2 cm³/mol. The molecule has 7 heteroatoms. The van der Waals surface area contributed by atoms with E-state index >= 15 is 0 Å². The van der Waals surface area contributed by atoms with Crippen LogP contribution in [0.25, 0.3) is 0 Å². The van der Waals surface area contributed by atoms with Gasteiger partial charge in [0.15, 0.2) is 6.73 Å². The first kappa shape index (κ1) is 16.1. The third-order valence-corrected chi connectivity index (χ3v) is 3.06. The van der Waals surface area contributed by atoms with Gasteiger partial charge in [-0.15, -0.1) is 0 Å². The van der Waals surface area contributed by atoms with E-state index in [4.69, 9.17) is 9.47 Å². The van der Waals surface area contributed by atoms with Crippen LogP contribution in [0.4, 0.5) is 10.6 Å². The summed E-state index contributed by atoms with van der Waals surface area (Å²) in [5, 5.41) is 5.18. The van der Waals surface area contributed by atoms with Gasteiger partial charge in [-0.1, -0.05) is 15.9 Å². The molecule has 0 aliphatic carbocycles. The predicted octanol–water partition coefficient (Wildman–Crippen LogP) is 3.40. The minimum atomic E-state index is -0.392. The molecule has 0 aliphatic rings. The highest BCUT2D eigenvalue weighted by molar-refractivity contribution is 9.10. The summed E-state index contributed by atoms with van der Waals surface area (Å²) >= 11 is 3.31. The standard InChI is InChI=1S/C15H16BrN3O3/c1-2-21-12-3-5-13(6-4-12)22-10-18-15(20)19-14-9-11(16)7-8-17-14/h3-9H,2,10H2,1H3,(H2,17,18,19,20). The summed E-state index contributed by atoms with van der Waals surface area (Å²) < 4.78 is 11.6. The minimum Gasteiger partial charge on any atom is -0.494 e. The van der Waals surface area contributed by atoms with Crippen molar-refractivity contribution in [2.45, 2.75) is 6.92 Å². The lowest BCUT2D eigenvalue weighted by molar-refractivity contribution is 0.234. The first-order valence-corrected chi connectivity index (χ1v) is 7.48. The molecule has 0 fully saturated rings. The Hall–Kier alpha value is -2.28. The highest BCUT2D eigenvalue weighted by Crippen LogP contribution is 2.17. The highest BCUT2D eigenvalue weighted by Gasteiger charge is 2.03. The number of carbonyl (C=O) groups is 1. The van der Waals surface area contributed by atoms with Gasteiger partial charge in [0.05, 0.1) is 6.61 Å². The third-order valence-electron chi connectivity index (χ3n) is 2.57. The fraction of sp³-hybridized carbons (Fsp3) is 0.200. The van der Waals surface area contributed by atoms with Gasteiger partial charge in [-0.25, -0.2) is 9.78 Å². The number of nitrogens with one attached hydrogen (secondary N) is 2. The Balaban J connectivity index is 1.74. The van der Waals surface area contributed by atoms with Gasteiger partial charge in [0.1, 0.15) is 17.3 Å². The molecular weight excluding hydrogens is 350 g/mol. The van der Waals surface area contributed by atoms with E-state index in [1.165, 1.54) is 0 Å². The number of benzene rings is 1. The van der Waals surface area contributed by atoms with Gasteiger partial charge in [0, 0.05) is 10.7 Å². The highest BCUT2D eigenvalue weighted by atomic mass is 79.9. The number of hydrogen-bond donors (Lipinski definition) is 2. The van der Waals surface area contributed by atoms with Gasteiger partial charge in [0.2, 0.25) is 0 Å². The lowest BCUT2D eigenvalue weighted by Crippen LogP contribution is -2.32. The number of anilines is 1. The largest absolute Gasteiger partial charge is 0.494 e. The van der Waals surface area contributed by atoms with Gasteiger partial charge < -0.3 is 14.8 Å². The van der Waals surface area contributed by atoms with Gasteiger partial charge in [-0.3, -0.25) is 5.32 Å². The lowest BCUT2D eigenvalue weighted by Gasteiger charge is -2.09. The molecule has 2 amide bonds. The van der Waals surface area contributed by atoms with Crippen molar-refractivity contribution >= 4 is 27.8 Å². The second kappa shape index (κ2) is 8.23. The molecule has 0 saturated carbocycles. The topological polar surface area (TPSA) is 72.5 Å². The van der Waals surface area contributed by atoms with E-state index in [0.717, 1.165) is 10.2 Å². The van der Waals surface area contributed by atoms with Crippen LogP contribution in [0.15, 0.2) is 47.1 Å². The average Bonchev–Trinajstić information content (AvgIpc) is 2.49. The zero-order chi connectivity index (χ0) is 15.8. The number of amides is 2. The van der Waals surface area contributed by atoms with Crippen LogP contribution < -0.4 is 20.1 Å². The summed E-state index contributed by atoms with van der Waals surface area (Å²) in [6.07, 6.45) is 1.59. The number of nitrogens with zero attached hydrogens (tertiary/aromatic N) is 1. The van der Waals surface area contributed by atoms with E-state index < -0.39 is 6.03 Å². The minimum absolute atomic E-state index is 0.0494. The van der Waals surface area contributed by atoms with Crippen LogP contribution in [0.3, 0.4) is 0 Å². The van der Waals surface area contributed by atoms with Crippen molar-refractivity contribution in [2.24, 2.45) is 0 Å². The van der Waals surface area contributed by atoms with Crippen molar-refractivity contribution in [3.05, 3.63) is 47.1 Å². The molecule has 1 heterocycles. The maximum Gasteiger partial charge on any atom is 0.323 e. The van der Waals surface area contributed by atoms with Crippen LogP contribution >= 0.6 is 15.9 Å². The molecule has 1 aromatic carbocycles. The van der Waals surface area contributed by atoms with E-state index in [9.17, 15) is 4.79 Å². The van der Waals surface area contributed by atoms with Crippen molar-refractivity contribution in [3.63, 3.8) is 0 Å². The molecule has 6 nitrogen and oxygen atoms in total. The second-order valence-corrected chi connectivity index (χ2v) is 5.10. The van der Waals surface area contributed by atoms with Crippen LogP contribution in [0, 0.1) is 0 Å². The zero-order valence-corrected chi connectivity index (χ0v) is 13.6. The van der Waals surface area contributed by atoms with Gasteiger partial charge in [-0.05, 0) is 43.3 Å². The molecule has 0 spiro atoms. The number of rotatable bonds is 6. The molecular formula is C15H16BrN3O3. The average molecular weight is 366 g/mol. The Morgan fingerprint density at radius 2 is 1.86 bits per heavy atom. The first-order valence-electron chi connectivity index (χ1n) is 6.69. The van der Waals surface area contributed by atoms with Crippen molar-refractivity contribution < 1.29 is 14.3 Å². The number of pyridine rings is 1. The van der Waals surface area contributed by atoms with Crippen molar-refractivity contribution in [1.29, 1.82) is 0 Å². The smallest absolute Gasteiger partial charge is 0.323 e. The van der Waals surface area contributed by atoms with E-state index in [-0.39, 0.29) is 6.73 Å². The number of urea groups is 1. The lowest BCUT2D eigenvalue weighted by atomic mass is 10.3. The fourth-order valence-corrected chi connectivity index (χ4v) is 1.95. The molecule has 0 bridgehead atoms. The molecule has 22 heavy (non-hydrogen) atoms. The zero-order valence-electron chi connectivity index (χ0n) is 12.0. The van der Waals surface area contributed by atoms with Crippen LogP contribution in [-0.4, -0.2) is 24.4 Å². The maximum absolute atomic E-state index is 11.7. The molecule has 0 atom stereocenters. The maximum atomic E-state index is 11.7. The van der Waals surface area contributed by atoms with Gasteiger partial charge >= 0.3 is 6.03 Å². The number of halogens is 1. The van der Waals surface area contributed by atoms with Crippen LogP contribution in [-0.2, 0) is 0 Å². The van der Waals surface area contributed by atoms with Crippen molar-refractivity contribution in [3.8, 4) is 11.5 Å². The monoisotopic (exact) mass is 365 g/mol. The summed E-state index contributed by atoms with van der Waals surface area (Å²) in [6, 6.07) is 10.3. The van der Waals surface area contributed by atoms with Crippen LogP contribution in [0.2, 0.25) is 0 Å². The molecule has 2 N–H and O–H groups in total. The Labute approximate surface area is 137 Å². The second-order valence-electron chi connectivity index (χ2n) is 4.18. The number of hydrogen-bond acceptors (Lipinski definition) is 4. The summed E-state index contributed by atoms with van der Waals surface area (Å²) in [4.78, 5) is 15.7. The third kappa shape index (κ3) is 5.25.